The van der Waals surface area contributed by atoms with E-state index in [1.165, 1.54) is 0 Å². The number of halogens is 2. The minimum atomic E-state index is -0.0806. The van der Waals surface area contributed by atoms with Crippen LogP contribution in [-0.2, 0) is 0 Å². The molecule has 98 valence electrons. The van der Waals surface area contributed by atoms with Gasteiger partial charge in [-0.2, -0.15) is 0 Å². The molecule has 1 aromatic rings. The third-order valence-corrected chi connectivity index (χ3v) is 3.83. The van der Waals surface area contributed by atoms with E-state index in [2.05, 4.69) is 0 Å². The molecule has 5 heteroatoms. The van der Waals surface area contributed by atoms with Crippen molar-refractivity contribution in [1.82, 2.24) is 4.90 Å². The molecule has 1 fully saturated rings. The molecular formula is C13H15Cl2NO2. The zero-order valence-electron chi connectivity index (χ0n) is 9.90. The van der Waals surface area contributed by atoms with E-state index in [-0.39, 0.29) is 12.5 Å². The van der Waals surface area contributed by atoms with Crippen LogP contribution in [0, 0.1) is 5.92 Å². The van der Waals surface area contributed by atoms with Crippen molar-refractivity contribution in [2.45, 2.75) is 12.8 Å². The van der Waals surface area contributed by atoms with Crippen LogP contribution in [0.4, 0.5) is 0 Å². The Kier molecular flexibility index (Phi) is 4.49. The summed E-state index contributed by atoms with van der Waals surface area (Å²) in [4.78, 5) is 14.1. The number of carbonyl (C=O) groups excluding carboxylic acids is 1. The van der Waals surface area contributed by atoms with Crippen LogP contribution in [0.5, 0.6) is 0 Å². The Morgan fingerprint density at radius 2 is 2.22 bits per heavy atom. The van der Waals surface area contributed by atoms with Gasteiger partial charge in [-0.05, 0) is 37.0 Å². The van der Waals surface area contributed by atoms with Gasteiger partial charge in [0.2, 0.25) is 0 Å². The average molecular weight is 288 g/mol. The number of hydrogen-bond donors (Lipinski definition) is 1. The average Bonchev–Trinajstić information content (AvgIpc) is 2.80. The monoisotopic (exact) mass is 287 g/mol. The van der Waals surface area contributed by atoms with E-state index in [4.69, 9.17) is 28.3 Å². The maximum Gasteiger partial charge on any atom is 0.255 e. The third kappa shape index (κ3) is 2.97. The second-order valence-electron chi connectivity index (χ2n) is 4.54. The van der Waals surface area contributed by atoms with Gasteiger partial charge in [0, 0.05) is 24.7 Å². The predicted molar refractivity (Wildman–Crippen MR) is 72.2 cm³/mol. The standard InChI is InChI=1S/C13H15Cl2NO2/c14-10-1-2-12(15)11(7-10)13(18)16-5-3-9(8-16)4-6-17/h1-2,7,9,17H,3-6,8H2. The van der Waals surface area contributed by atoms with Crippen LogP contribution in [0.2, 0.25) is 10.0 Å². The lowest BCUT2D eigenvalue weighted by atomic mass is 10.1. The van der Waals surface area contributed by atoms with Crippen molar-refractivity contribution >= 4 is 29.1 Å². The molecular weight excluding hydrogens is 273 g/mol. The van der Waals surface area contributed by atoms with Crippen LogP contribution in [0.15, 0.2) is 18.2 Å². The minimum Gasteiger partial charge on any atom is -0.396 e. The van der Waals surface area contributed by atoms with Crippen LogP contribution in [0.1, 0.15) is 23.2 Å². The maximum absolute atomic E-state index is 12.3. The van der Waals surface area contributed by atoms with Crippen LogP contribution < -0.4 is 0 Å². The summed E-state index contributed by atoms with van der Waals surface area (Å²) in [5, 5.41) is 9.84. The molecule has 1 heterocycles. The van der Waals surface area contributed by atoms with Gasteiger partial charge in [0.05, 0.1) is 10.6 Å². The van der Waals surface area contributed by atoms with Crippen molar-refractivity contribution in [3.05, 3.63) is 33.8 Å². The molecule has 1 N–H and O–H groups in total. The van der Waals surface area contributed by atoms with Crippen LogP contribution in [0.25, 0.3) is 0 Å². The second kappa shape index (κ2) is 5.91. The molecule has 0 radical (unpaired) electrons. The highest BCUT2D eigenvalue weighted by molar-refractivity contribution is 6.35. The van der Waals surface area contributed by atoms with Gasteiger partial charge in [-0.15, -0.1) is 0 Å². The number of likely N-dealkylation sites (tertiary alicyclic amines) is 1. The molecule has 18 heavy (non-hydrogen) atoms. The molecule has 1 aliphatic rings. The van der Waals surface area contributed by atoms with E-state index < -0.39 is 0 Å². The molecule has 0 bridgehead atoms. The van der Waals surface area contributed by atoms with Gasteiger partial charge < -0.3 is 10.0 Å². The molecule has 2 rings (SSSR count). The summed E-state index contributed by atoms with van der Waals surface area (Å²) in [7, 11) is 0. The number of nitrogens with zero attached hydrogens (tertiary/aromatic N) is 1. The van der Waals surface area contributed by atoms with E-state index >= 15 is 0 Å². The first-order valence-corrected chi connectivity index (χ1v) is 6.72. The van der Waals surface area contributed by atoms with Gasteiger partial charge in [0.1, 0.15) is 0 Å². The Labute approximate surface area is 116 Å². The summed E-state index contributed by atoms with van der Waals surface area (Å²) in [5.74, 6) is 0.305. The number of rotatable bonds is 3. The van der Waals surface area contributed by atoms with E-state index in [1.807, 2.05) is 0 Å². The molecule has 0 spiro atoms. The molecule has 1 unspecified atom stereocenters. The van der Waals surface area contributed by atoms with Crippen LogP contribution in [-0.4, -0.2) is 35.6 Å². The smallest absolute Gasteiger partial charge is 0.255 e. The highest BCUT2D eigenvalue weighted by atomic mass is 35.5. The van der Waals surface area contributed by atoms with Gasteiger partial charge in [0.15, 0.2) is 0 Å². The summed E-state index contributed by atoms with van der Waals surface area (Å²) in [5.41, 5.74) is 0.453. The lowest BCUT2D eigenvalue weighted by Gasteiger charge is -2.17. The lowest BCUT2D eigenvalue weighted by molar-refractivity contribution is 0.0785. The van der Waals surface area contributed by atoms with Gasteiger partial charge in [-0.25, -0.2) is 0 Å². The first-order valence-electron chi connectivity index (χ1n) is 5.97. The summed E-state index contributed by atoms with van der Waals surface area (Å²) < 4.78 is 0. The number of hydrogen-bond acceptors (Lipinski definition) is 2. The first kappa shape index (κ1) is 13.7. The Morgan fingerprint density at radius 1 is 1.44 bits per heavy atom. The van der Waals surface area contributed by atoms with Crippen molar-refractivity contribution in [1.29, 1.82) is 0 Å². The topological polar surface area (TPSA) is 40.5 Å². The molecule has 0 aliphatic carbocycles. The summed E-state index contributed by atoms with van der Waals surface area (Å²) in [6, 6.07) is 4.91. The Morgan fingerprint density at radius 3 is 2.94 bits per heavy atom. The van der Waals surface area contributed by atoms with Crippen molar-refractivity contribution in [3.63, 3.8) is 0 Å². The molecule has 0 saturated carbocycles. The zero-order chi connectivity index (χ0) is 13.1. The number of benzene rings is 1. The highest BCUT2D eigenvalue weighted by Gasteiger charge is 2.27. The third-order valence-electron chi connectivity index (χ3n) is 3.27. The molecule has 1 atom stereocenters. The van der Waals surface area contributed by atoms with E-state index in [1.54, 1.807) is 23.1 Å². The fourth-order valence-corrected chi connectivity index (χ4v) is 2.64. The predicted octanol–water partition coefficient (Wildman–Crippen LogP) is 2.84. The van der Waals surface area contributed by atoms with E-state index in [0.29, 0.717) is 34.6 Å². The van der Waals surface area contributed by atoms with E-state index in [9.17, 15) is 4.79 Å². The molecule has 1 aromatic carbocycles. The molecule has 1 amide bonds. The Hall–Kier alpha value is -0.770. The highest BCUT2D eigenvalue weighted by Crippen LogP contribution is 2.26. The fraction of sp³-hybridized carbons (Fsp3) is 0.462. The Bertz CT molecular complexity index is 451. The van der Waals surface area contributed by atoms with Crippen molar-refractivity contribution in [2.75, 3.05) is 19.7 Å². The normalized spacial score (nSPS) is 19.3. The molecule has 1 saturated heterocycles. The number of carbonyl (C=O) groups is 1. The van der Waals surface area contributed by atoms with Crippen molar-refractivity contribution in [3.8, 4) is 0 Å². The molecule has 1 aliphatic heterocycles. The molecule has 3 nitrogen and oxygen atoms in total. The van der Waals surface area contributed by atoms with Crippen LogP contribution >= 0.6 is 23.2 Å². The SMILES string of the molecule is O=C(c1cc(Cl)ccc1Cl)N1CCC(CCO)C1. The molecule has 0 aromatic heterocycles. The quantitative estimate of drug-likeness (QED) is 0.929. The van der Waals surface area contributed by atoms with E-state index in [0.717, 1.165) is 12.8 Å². The van der Waals surface area contributed by atoms with Gasteiger partial charge in [0.25, 0.3) is 5.91 Å². The Balaban J connectivity index is 2.10. The van der Waals surface area contributed by atoms with Gasteiger partial charge in [-0.1, -0.05) is 23.2 Å². The summed E-state index contributed by atoms with van der Waals surface area (Å²) in [6.07, 6.45) is 1.68. The number of amides is 1. The zero-order valence-corrected chi connectivity index (χ0v) is 11.4. The van der Waals surface area contributed by atoms with Crippen LogP contribution in [0.3, 0.4) is 0 Å². The maximum atomic E-state index is 12.3. The largest absolute Gasteiger partial charge is 0.396 e. The second-order valence-corrected chi connectivity index (χ2v) is 5.39. The minimum absolute atomic E-state index is 0.0806. The summed E-state index contributed by atoms with van der Waals surface area (Å²) >= 11 is 11.9. The van der Waals surface area contributed by atoms with Crippen molar-refractivity contribution < 1.29 is 9.90 Å². The van der Waals surface area contributed by atoms with Crippen molar-refractivity contribution in [2.24, 2.45) is 5.92 Å². The number of aliphatic hydroxyl groups is 1. The van der Waals surface area contributed by atoms with Gasteiger partial charge >= 0.3 is 0 Å². The lowest BCUT2D eigenvalue weighted by Crippen LogP contribution is -2.29. The number of aliphatic hydroxyl groups excluding tert-OH is 1. The van der Waals surface area contributed by atoms with Gasteiger partial charge in [-0.3, -0.25) is 4.79 Å². The fourth-order valence-electron chi connectivity index (χ4n) is 2.27. The first-order chi connectivity index (χ1) is 8.61. The summed E-state index contributed by atoms with van der Waals surface area (Å²) in [6.45, 7) is 1.57.